The van der Waals surface area contributed by atoms with Crippen LogP contribution in [0, 0.1) is 5.92 Å². The van der Waals surface area contributed by atoms with Crippen LogP contribution in [0.15, 0.2) is 24.3 Å². The standard InChI is InChI=1S/C18H28N2O2/c1-14(2)12-16-4-6-17(7-5-16)15(3)19-18(21)13-20-8-10-22-11-9-20/h4-7,14-15H,8-13H2,1-3H3,(H,19,21)/t15-/m1/s1. The van der Waals surface area contributed by atoms with Gasteiger partial charge in [-0.15, -0.1) is 0 Å². The molecule has 4 heteroatoms. The van der Waals surface area contributed by atoms with Gasteiger partial charge >= 0.3 is 0 Å². The van der Waals surface area contributed by atoms with Gasteiger partial charge in [0, 0.05) is 13.1 Å². The number of ether oxygens (including phenoxy) is 1. The van der Waals surface area contributed by atoms with Crippen LogP contribution in [-0.2, 0) is 16.0 Å². The molecule has 0 aliphatic carbocycles. The Bertz CT molecular complexity index is 464. The van der Waals surface area contributed by atoms with Crippen LogP contribution in [0.3, 0.4) is 0 Å². The van der Waals surface area contributed by atoms with Gasteiger partial charge in [-0.2, -0.15) is 0 Å². The minimum atomic E-state index is 0.0432. The first kappa shape index (κ1) is 17.0. The third-order valence-electron chi connectivity index (χ3n) is 3.97. The molecule has 1 aliphatic heterocycles. The van der Waals surface area contributed by atoms with E-state index in [0.29, 0.717) is 12.5 Å². The van der Waals surface area contributed by atoms with Crippen LogP contribution in [0.5, 0.6) is 0 Å². The molecule has 122 valence electrons. The van der Waals surface area contributed by atoms with Crippen LogP contribution < -0.4 is 5.32 Å². The van der Waals surface area contributed by atoms with E-state index in [9.17, 15) is 4.79 Å². The number of carbonyl (C=O) groups excluding carboxylic acids is 1. The summed E-state index contributed by atoms with van der Waals surface area (Å²) in [7, 11) is 0. The molecule has 1 fully saturated rings. The normalized spacial score (nSPS) is 17.5. The fourth-order valence-electron chi connectivity index (χ4n) is 2.75. The van der Waals surface area contributed by atoms with Crippen LogP contribution >= 0.6 is 0 Å². The predicted molar refractivity (Wildman–Crippen MR) is 88.8 cm³/mol. The van der Waals surface area contributed by atoms with Crippen molar-refractivity contribution in [2.24, 2.45) is 5.92 Å². The average molecular weight is 304 g/mol. The highest BCUT2D eigenvalue weighted by Gasteiger charge is 2.16. The van der Waals surface area contributed by atoms with E-state index in [1.165, 1.54) is 5.56 Å². The maximum absolute atomic E-state index is 12.1. The van der Waals surface area contributed by atoms with E-state index in [2.05, 4.69) is 48.3 Å². The Labute approximate surface area is 133 Å². The van der Waals surface area contributed by atoms with Gasteiger partial charge in [0.1, 0.15) is 0 Å². The van der Waals surface area contributed by atoms with E-state index in [4.69, 9.17) is 4.74 Å². The van der Waals surface area contributed by atoms with Crippen molar-refractivity contribution >= 4 is 5.91 Å². The van der Waals surface area contributed by atoms with E-state index in [-0.39, 0.29) is 11.9 Å². The van der Waals surface area contributed by atoms with E-state index in [1.54, 1.807) is 0 Å². The predicted octanol–water partition coefficient (Wildman–Crippen LogP) is 2.39. The molecule has 0 saturated carbocycles. The van der Waals surface area contributed by atoms with Gasteiger partial charge in [0.05, 0.1) is 25.8 Å². The SMILES string of the molecule is CC(C)Cc1ccc([C@@H](C)NC(=O)CN2CCOCC2)cc1. The topological polar surface area (TPSA) is 41.6 Å². The summed E-state index contributed by atoms with van der Waals surface area (Å²) in [5.41, 5.74) is 2.51. The lowest BCUT2D eigenvalue weighted by atomic mass is 10.00. The number of hydrogen-bond donors (Lipinski definition) is 1. The monoisotopic (exact) mass is 304 g/mol. The molecular formula is C18H28N2O2. The summed E-state index contributed by atoms with van der Waals surface area (Å²) >= 11 is 0. The van der Waals surface area contributed by atoms with Gasteiger partial charge in [0.2, 0.25) is 5.91 Å². The summed E-state index contributed by atoms with van der Waals surface area (Å²) in [5, 5.41) is 3.08. The number of nitrogens with one attached hydrogen (secondary N) is 1. The van der Waals surface area contributed by atoms with Gasteiger partial charge in [0.15, 0.2) is 0 Å². The molecule has 2 rings (SSSR count). The summed E-state index contributed by atoms with van der Waals surface area (Å²) in [6.07, 6.45) is 1.10. The summed E-state index contributed by atoms with van der Waals surface area (Å²) in [6.45, 7) is 10.1. The van der Waals surface area contributed by atoms with Crippen molar-refractivity contribution in [3.8, 4) is 0 Å². The molecule has 0 aromatic heterocycles. The molecule has 1 saturated heterocycles. The third kappa shape index (κ3) is 5.43. The first-order chi connectivity index (χ1) is 10.5. The second-order valence-corrected chi connectivity index (χ2v) is 6.52. The van der Waals surface area contributed by atoms with Crippen LogP contribution in [0.25, 0.3) is 0 Å². The van der Waals surface area contributed by atoms with E-state index in [0.717, 1.165) is 38.3 Å². The molecule has 1 amide bonds. The molecular weight excluding hydrogens is 276 g/mol. The third-order valence-corrected chi connectivity index (χ3v) is 3.97. The van der Waals surface area contributed by atoms with E-state index >= 15 is 0 Å². The molecule has 0 radical (unpaired) electrons. The number of amides is 1. The van der Waals surface area contributed by atoms with Crippen molar-refractivity contribution < 1.29 is 9.53 Å². The number of rotatable bonds is 6. The van der Waals surface area contributed by atoms with Crippen molar-refractivity contribution in [2.75, 3.05) is 32.8 Å². The fourth-order valence-corrected chi connectivity index (χ4v) is 2.75. The second kappa shape index (κ2) is 8.30. The van der Waals surface area contributed by atoms with Crippen molar-refractivity contribution in [3.05, 3.63) is 35.4 Å². The number of hydrogen-bond acceptors (Lipinski definition) is 3. The number of nitrogens with zero attached hydrogens (tertiary/aromatic N) is 1. The number of benzene rings is 1. The lowest BCUT2D eigenvalue weighted by molar-refractivity contribution is -0.123. The zero-order valence-corrected chi connectivity index (χ0v) is 14.0. The molecule has 0 unspecified atom stereocenters. The largest absolute Gasteiger partial charge is 0.379 e. The van der Waals surface area contributed by atoms with Crippen LogP contribution in [0.4, 0.5) is 0 Å². The molecule has 0 bridgehead atoms. The highest BCUT2D eigenvalue weighted by Crippen LogP contribution is 2.15. The first-order valence-corrected chi connectivity index (χ1v) is 8.23. The van der Waals surface area contributed by atoms with Gasteiger partial charge in [-0.3, -0.25) is 9.69 Å². The van der Waals surface area contributed by atoms with Gasteiger partial charge in [-0.25, -0.2) is 0 Å². The van der Waals surface area contributed by atoms with Crippen molar-refractivity contribution in [2.45, 2.75) is 33.2 Å². The average Bonchev–Trinajstić information content (AvgIpc) is 2.48. The van der Waals surface area contributed by atoms with Crippen molar-refractivity contribution in [3.63, 3.8) is 0 Å². The maximum atomic E-state index is 12.1. The Morgan fingerprint density at radius 1 is 1.18 bits per heavy atom. The number of carbonyl (C=O) groups is 1. The Morgan fingerprint density at radius 3 is 2.41 bits per heavy atom. The number of morpholine rings is 1. The van der Waals surface area contributed by atoms with Gasteiger partial charge < -0.3 is 10.1 Å². The summed E-state index contributed by atoms with van der Waals surface area (Å²) in [5.74, 6) is 0.747. The van der Waals surface area contributed by atoms with E-state index in [1.807, 2.05) is 6.92 Å². The fraction of sp³-hybridized carbons (Fsp3) is 0.611. The zero-order valence-electron chi connectivity index (χ0n) is 14.0. The molecule has 1 atom stereocenters. The van der Waals surface area contributed by atoms with Crippen molar-refractivity contribution in [1.82, 2.24) is 10.2 Å². The molecule has 22 heavy (non-hydrogen) atoms. The molecule has 4 nitrogen and oxygen atoms in total. The van der Waals surface area contributed by atoms with Crippen LogP contribution in [0.1, 0.15) is 37.9 Å². The highest BCUT2D eigenvalue weighted by molar-refractivity contribution is 5.78. The Balaban J connectivity index is 1.82. The molecule has 0 spiro atoms. The van der Waals surface area contributed by atoms with Gasteiger partial charge in [0.25, 0.3) is 0 Å². The van der Waals surface area contributed by atoms with Gasteiger partial charge in [-0.1, -0.05) is 38.1 Å². The lowest BCUT2D eigenvalue weighted by Gasteiger charge is -2.26. The molecule has 1 aromatic carbocycles. The Hall–Kier alpha value is -1.39. The molecule has 1 aromatic rings. The molecule has 1 heterocycles. The molecule has 1 aliphatic rings. The van der Waals surface area contributed by atoms with E-state index < -0.39 is 0 Å². The summed E-state index contributed by atoms with van der Waals surface area (Å²) in [6, 6.07) is 8.62. The minimum Gasteiger partial charge on any atom is -0.379 e. The Kier molecular flexibility index (Phi) is 6.40. The quantitative estimate of drug-likeness (QED) is 0.877. The second-order valence-electron chi connectivity index (χ2n) is 6.52. The van der Waals surface area contributed by atoms with Crippen LogP contribution in [-0.4, -0.2) is 43.7 Å². The minimum absolute atomic E-state index is 0.0432. The Morgan fingerprint density at radius 2 is 1.82 bits per heavy atom. The van der Waals surface area contributed by atoms with Crippen LogP contribution in [0.2, 0.25) is 0 Å². The summed E-state index contributed by atoms with van der Waals surface area (Å²) in [4.78, 5) is 14.3. The lowest BCUT2D eigenvalue weighted by Crippen LogP contribution is -2.43. The van der Waals surface area contributed by atoms with Crippen molar-refractivity contribution in [1.29, 1.82) is 0 Å². The highest BCUT2D eigenvalue weighted by atomic mass is 16.5. The smallest absolute Gasteiger partial charge is 0.234 e. The summed E-state index contributed by atoms with van der Waals surface area (Å²) < 4.78 is 5.30. The molecule has 1 N–H and O–H groups in total. The van der Waals surface area contributed by atoms with Gasteiger partial charge in [-0.05, 0) is 30.4 Å². The first-order valence-electron chi connectivity index (χ1n) is 8.23. The maximum Gasteiger partial charge on any atom is 0.234 e. The zero-order chi connectivity index (χ0) is 15.9.